The van der Waals surface area contributed by atoms with Crippen LogP contribution in [0.15, 0.2) is 65.8 Å². The van der Waals surface area contributed by atoms with Crippen molar-refractivity contribution >= 4 is 11.0 Å². The van der Waals surface area contributed by atoms with Crippen molar-refractivity contribution in [3.05, 3.63) is 72.6 Å². The number of fused-ring (bicyclic) bond motifs is 1. The molecule has 1 N–H and O–H groups in total. The van der Waals surface area contributed by atoms with E-state index >= 15 is 0 Å². The average molecular weight is 534 g/mol. The summed E-state index contributed by atoms with van der Waals surface area (Å²) in [4.78, 5) is 17.0. The first-order chi connectivity index (χ1) is 19.6. The zero-order valence-corrected chi connectivity index (χ0v) is 22.5. The van der Waals surface area contributed by atoms with E-state index in [1.807, 2.05) is 54.5 Å². The maximum absolute atomic E-state index is 9.69. The van der Waals surface area contributed by atoms with Gasteiger partial charge in [0.1, 0.15) is 29.0 Å². The van der Waals surface area contributed by atoms with Crippen LogP contribution in [0.5, 0.6) is 0 Å². The standard InChI is InChI=1S/C30H31N9O/c1-21-26(28(36-40-21)22-5-3-2-4-6-22)17-37-13-8-24(9-14-37)38-18-30(19-38,10-11-31)39-16-23(15-35-39)27-25-7-12-32-29(25)34-20-33-27/h2-7,12,15-16,20,24H,8-10,13-14,17-19H2,1H3,(H,32,33,34). The second-order valence-corrected chi connectivity index (χ2v) is 11.0. The molecular weight excluding hydrogens is 502 g/mol. The number of aryl methyl sites for hydroxylation is 1. The van der Waals surface area contributed by atoms with E-state index in [0.717, 1.165) is 84.9 Å². The van der Waals surface area contributed by atoms with Crippen LogP contribution in [0.3, 0.4) is 0 Å². The Morgan fingerprint density at radius 2 is 1.90 bits per heavy atom. The molecule has 6 heterocycles. The number of hydrogen-bond acceptors (Lipinski definition) is 8. The van der Waals surface area contributed by atoms with Gasteiger partial charge in [0.25, 0.3) is 0 Å². The summed E-state index contributed by atoms with van der Waals surface area (Å²) in [5.74, 6) is 0.891. The smallest absolute Gasteiger partial charge is 0.141 e. The lowest BCUT2D eigenvalue weighted by molar-refractivity contribution is -0.0436. The predicted octanol–water partition coefficient (Wildman–Crippen LogP) is 4.37. The fourth-order valence-corrected chi connectivity index (χ4v) is 6.33. The zero-order valence-electron chi connectivity index (χ0n) is 22.5. The Balaban J connectivity index is 1.01. The molecule has 0 spiro atoms. The average Bonchev–Trinajstić information content (AvgIpc) is 3.72. The predicted molar refractivity (Wildman–Crippen MR) is 150 cm³/mol. The van der Waals surface area contributed by atoms with Gasteiger partial charge >= 0.3 is 0 Å². The maximum atomic E-state index is 9.69. The van der Waals surface area contributed by atoms with Crippen LogP contribution in [0.2, 0.25) is 0 Å². The van der Waals surface area contributed by atoms with Crippen LogP contribution in [0.1, 0.15) is 30.6 Å². The molecule has 2 fully saturated rings. The van der Waals surface area contributed by atoms with E-state index < -0.39 is 0 Å². The second kappa shape index (κ2) is 10.0. The molecule has 0 saturated carbocycles. The quantitative estimate of drug-likeness (QED) is 0.328. The van der Waals surface area contributed by atoms with Gasteiger partial charge in [-0.15, -0.1) is 0 Å². The molecule has 1 aromatic carbocycles. The molecule has 40 heavy (non-hydrogen) atoms. The Labute approximate surface area is 232 Å². The summed E-state index contributed by atoms with van der Waals surface area (Å²) in [6.45, 7) is 6.56. The van der Waals surface area contributed by atoms with Crippen molar-refractivity contribution in [2.45, 2.75) is 44.3 Å². The number of likely N-dealkylation sites (tertiary alicyclic amines) is 2. The molecule has 7 rings (SSSR count). The Morgan fingerprint density at radius 1 is 1.07 bits per heavy atom. The highest BCUT2D eigenvalue weighted by molar-refractivity contribution is 5.90. The molecule has 0 amide bonds. The number of H-pyrrole nitrogens is 1. The molecular formula is C30H31N9O. The van der Waals surface area contributed by atoms with Gasteiger partial charge in [-0.2, -0.15) is 10.4 Å². The van der Waals surface area contributed by atoms with E-state index in [4.69, 9.17) is 9.62 Å². The minimum absolute atomic E-state index is 0.307. The molecule has 202 valence electrons. The topological polar surface area (TPSA) is 116 Å². The number of benzene rings is 1. The van der Waals surface area contributed by atoms with E-state index in [9.17, 15) is 5.26 Å². The number of hydrogen-bond donors (Lipinski definition) is 1. The van der Waals surface area contributed by atoms with Gasteiger partial charge in [0.2, 0.25) is 0 Å². The lowest BCUT2D eigenvalue weighted by Crippen LogP contribution is -2.66. The SMILES string of the molecule is Cc1onc(-c2ccccc2)c1CN1CCC(N2CC(CC#N)(n3cc(-c4ncnc5[nH]ccc45)cn3)C2)CC1. The van der Waals surface area contributed by atoms with Crippen LogP contribution >= 0.6 is 0 Å². The first-order valence-electron chi connectivity index (χ1n) is 13.8. The van der Waals surface area contributed by atoms with E-state index in [1.54, 1.807) is 6.33 Å². The summed E-state index contributed by atoms with van der Waals surface area (Å²) in [6.07, 6.45) is 9.97. The van der Waals surface area contributed by atoms with Gasteiger partial charge in [0.15, 0.2) is 0 Å². The zero-order chi connectivity index (χ0) is 27.1. The summed E-state index contributed by atoms with van der Waals surface area (Å²) >= 11 is 0. The molecule has 0 aliphatic carbocycles. The molecule has 2 aliphatic rings. The van der Waals surface area contributed by atoms with Gasteiger partial charge in [-0.3, -0.25) is 14.5 Å². The van der Waals surface area contributed by atoms with Gasteiger partial charge in [-0.05, 0) is 38.9 Å². The number of aromatic nitrogens is 6. The van der Waals surface area contributed by atoms with Crippen LogP contribution in [0.4, 0.5) is 0 Å². The van der Waals surface area contributed by atoms with Gasteiger partial charge in [0.05, 0.1) is 24.4 Å². The van der Waals surface area contributed by atoms with Gasteiger partial charge in [0, 0.05) is 60.1 Å². The Hall–Kier alpha value is -4.33. The molecule has 2 saturated heterocycles. The normalized spacial score (nSPS) is 18.1. The lowest BCUT2D eigenvalue weighted by atomic mass is 9.83. The molecule has 0 atom stereocenters. The van der Waals surface area contributed by atoms with Crippen molar-refractivity contribution in [2.24, 2.45) is 0 Å². The highest BCUT2D eigenvalue weighted by atomic mass is 16.5. The molecule has 2 aliphatic heterocycles. The van der Waals surface area contributed by atoms with Crippen LogP contribution in [-0.2, 0) is 12.1 Å². The molecule has 0 radical (unpaired) electrons. The number of nitrogens with one attached hydrogen (secondary N) is 1. The highest BCUT2D eigenvalue weighted by Gasteiger charge is 2.48. The van der Waals surface area contributed by atoms with Crippen molar-refractivity contribution in [2.75, 3.05) is 26.2 Å². The number of rotatable bonds is 7. The van der Waals surface area contributed by atoms with Crippen molar-refractivity contribution in [1.82, 2.24) is 39.7 Å². The summed E-state index contributed by atoms with van der Waals surface area (Å²) in [5, 5.41) is 19.7. The maximum Gasteiger partial charge on any atom is 0.141 e. The molecule has 0 unspecified atom stereocenters. The fraction of sp³-hybridized carbons (Fsp3) is 0.367. The van der Waals surface area contributed by atoms with E-state index in [2.05, 4.69) is 48.1 Å². The summed E-state index contributed by atoms with van der Waals surface area (Å²) in [5.41, 5.74) is 5.51. The third kappa shape index (κ3) is 4.28. The van der Waals surface area contributed by atoms with Crippen LogP contribution in [0.25, 0.3) is 33.5 Å². The van der Waals surface area contributed by atoms with Gasteiger partial charge in [-0.25, -0.2) is 9.97 Å². The van der Waals surface area contributed by atoms with Crippen LogP contribution in [-0.4, -0.2) is 71.9 Å². The van der Waals surface area contributed by atoms with Crippen molar-refractivity contribution in [1.29, 1.82) is 5.26 Å². The third-order valence-corrected chi connectivity index (χ3v) is 8.59. The number of aromatic amines is 1. The number of nitriles is 1. The minimum atomic E-state index is -0.307. The number of nitrogens with zero attached hydrogens (tertiary/aromatic N) is 8. The largest absolute Gasteiger partial charge is 0.361 e. The summed E-state index contributed by atoms with van der Waals surface area (Å²) in [7, 11) is 0. The summed E-state index contributed by atoms with van der Waals surface area (Å²) < 4.78 is 7.58. The molecule has 5 aromatic rings. The molecule has 10 heteroatoms. The van der Waals surface area contributed by atoms with E-state index in [1.165, 1.54) is 5.56 Å². The Bertz CT molecular complexity index is 1660. The third-order valence-electron chi connectivity index (χ3n) is 8.59. The van der Waals surface area contributed by atoms with Gasteiger partial charge in [-0.1, -0.05) is 35.5 Å². The molecule has 0 bridgehead atoms. The second-order valence-electron chi connectivity index (χ2n) is 11.0. The van der Waals surface area contributed by atoms with Crippen molar-refractivity contribution in [3.8, 4) is 28.6 Å². The Kier molecular flexibility index (Phi) is 6.18. The first kappa shape index (κ1) is 24.7. The lowest BCUT2D eigenvalue weighted by Gasteiger charge is -2.53. The Morgan fingerprint density at radius 3 is 2.70 bits per heavy atom. The first-order valence-corrected chi connectivity index (χ1v) is 13.8. The van der Waals surface area contributed by atoms with E-state index in [-0.39, 0.29) is 5.54 Å². The fourth-order valence-electron chi connectivity index (χ4n) is 6.33. The minimum Gasteiger partial charge on any atom is -0.361 e. The molecule has 10 nitrogen and oxygen atoms in total. The monoisotopic (exact) mass is 533 g/mol. The van der Waals surface area contributed by atoms with E-state index in [0.29, 0.717) is 12.5 Å². The summed E-state index contributed by atoms with van der Waals surface area (Å²) in [6, 6.07) is 15.2. The highest BCUT2D eigenvalue weighted by Crippen LogP contribution is 2.37. The van der Waals surface area contributed by atoms with Crippen LogP contribution in [0, 0.1) is 18.3 Å². The van der Waals surface area contributed by atoms with Crippen molar-refractivity contribution < 1.29 is 4.52 Å². The molecule has 4 aromatic heterocycles. The van der Waals surface area contributed by atoms with Crippen molar-refractivity contribution in [3.63, 3.8) is 0 Å². The van der Waals surface area contributed by atoms with Crippen LogP contribution < -0.4 is 0 Å². The number of piperidine rings is 1. The van der Waals surface area contributed by atoms with Gasteiger partial charge < -0.3 is 9.51 Å².